The lowest BCUT2D eigenvalue weighted by molar-refractivity contribution is -0.909. The van der Waals surface area contributed by atoms with Gasteiger partial charge in [-0.1, -0.05) is 6.07 Å². The molecule has 36 heavy (non-hydrogen) atoms. The average Bonchev–Trinajstić information content (AvgIpc) is 3.16. The maximum atomic E-state index is 13.2. The summed E-state index contributed by atoms with van der Waals surface area (Å²) in [7, 11) is 0. The van der Waals surface area contributed by atoms with Gasteiger partial charge in [-0.2, -0.15) is 5.26 Å². The highest BCUT2D eigenvalue weighted by atomic mass is 16.5. The number of benzene rings is 2. The number of Topliss-reactive ketones (excluding diaryl/α,β-unsaturated/α-hetero) is 1. The number of hydrogen-bond donors (Lipinski definition) is 0. The van der Waals surface area contributed by atoms with Crippen LogP contribution in [0.3, 0.4) is 0 Å². The summed E-state index contributed by atoms with van der Waals surface area (Å²) in [5.41, 5.74) is 6.17. The van der Waals surface area contributed by atoms with Crippen molar-refractivity contribution in [1.82, 2.24) is 4.90 Å². The molecule has 1 fully saturated rings. The number of aliphatic imine (C=N–C) groups is 2. The van der Waals surface area contributed by atoms with Crippen LogP contribution in [0.25, 0.3) is 16.8 Å². The van der Waals surface area contributed by atoms with E-state index in [0.29, 0.717) is 36.7 Å². The van der Waals surface area contributed by atoms with Gasteiger partial charge in [-0.25, -0.2) is 4.99 Å². The van der Waals surface area contributed by atoms with Crippen molar-refractivity contribution in [3.63, 3.8) is 0 Å². The first-order valence-electron chi connectivity index (χ1n) is 12.5. The highest BCUT2D eigenvalue weighted by Crippen LogP contribution is 2.41. The molecule has 0 radical (unpaired) electrons. The number of nitrogens with zero attached hydrogens (tertiary/aromatic N) is 5. The lowest BCUT2D eigenvalue weighted by Crippen LogP contribution is -2.59. The fraction of sp³-hybridized carbons (Fsp3) is 0.310. The monoisotopic (exact) mass is 476 g/mol. The number of ether oxygens (including phenoxy) is 1. The van der Waals surface area contributed by atoms with Crippen LogP contribution in [0.15, 0.2) is 63.5 Å². The van der Waals surface area contributed by atoms with Gasteiger partial charge in [0.2, 0.25) is 0 Å². The molecular weight excluding hydrogens is 450 g/mol. The fourth-order valence-electron chi connectivity index (χ4n) is 6.41. The Morgan fingerprint density at radius 1 is 1.28 bits per heavy atom. The van der Waals surface area contributed by atoms with E-state index < -0.39 is 0 Å². The summed E-state index contributed by atoms with van der Waals surface area (Å²) in [5.74, 6) is 0.929. The second-order valence-corrected chi connectivity index (χ2v) is 10.2. The van der Waals surface area contributed by atoms with Crippen LogP contribution >= 0.6 is 0 Å². The molecule has 9 bridgehead atoms. The van der Waals surface area contributed by atoms with Gasteiger partial charge in [0, 0.05) is 11.8 Å². The Balaban J connectivity index is 1.44. The summed E-state index contributed by atoms with van der Waals surface area (Å²) in [5, 5.41) is 11.9. The van der Waals surface area contributed by atoms with Crippen LogP contribution in [0.1, 0.15) is 37.3 Å². The molecule has 0 amide bonds. The Kier molecular flexibility index (Phi) is 4.57. The van der Waals surface area contributed by atoms with Gasteiger partial charge in [0.05, 0.1) is 42.3 Å². The van der Waals surface area contributed by atoms with E-state index in [2.05, 4.69) is 36.2 Å². The van der Waals surface area contributed by atoms with Crippen molar-refractivity contribution in [2.75, 3.05) is 26.4 Å². The second-order valence-electron chi connectivity index (χ2n) is 10.2. The summed E-state index contributed by atoms with van der Waals surface area (Å²) in [6, 6.07) is 10.6. The third-order valence-corrected chi connectivity index (χ3v) is 8.42. The smallest absolute Gasteiger partial charge is 0.178 e. The van der Waals surface area contributed by atoms with Gasteiger partial charge in [0.25, 0.3) is 0 Å². The minimum absolute atomic E-state index is 0.228. The zero-order chi connectivity index (χ0) is 24.4. The normalized spacial score (nSPS) is 26.3. The molecule has 178 valence electrons. The van der Waals surface area contributed by atoms with Gasteiger partial charge in [0.1, 0.15) is 36.7 Å². The van der Waals surface area contributed by atoms with Crippen LogP contribution in [-0.2, 0) is 4.79 Å². The van der Waals surface area contributed by atoms with Crippen molar-refractivity contribution in [2.24, 2.45) is 9.98 Å². The largest absolute Gasteiger partial charge is 0.489 e. The molecule has 2 aromatic carbocycles. The van der Waals surface area contributed by atoms with Gasteiger partial charge in [0.15, 0.2) is 18.1 Å². The maximum absolute atomic E-state index is 13.2. The van der Waals surface area contributed by atoms with E-state index in [1.165, 1.54) is 5.70 Å². The molecule has 1 spiro atoms. The van der Waals surface area contributed by atoms with Crippen LogP contribution in [-0.4, -0.2) is 59.5 Å². The molecule has 9 rings (SSSR count). The minimum Gasteiger partial charge on any atom is -0.489 e. The first kappa shape index (κ1) is 21.3. The third-order valence-electron chi connectivity index (χ3n) is 8.42. The first-order valence-corrected chi connectivity index (χ1v) is 12.5. The van der Waals surface area contributed by atoms with Crippen LogP contribution in [0.2, 0.25) is 0 Å². The third kappa shape index (κ3) is 3.04. The number of ketones is 1. The highest BCUT2D eigenvalue weighted by molar-refractivity contribution is 6.04. The minimum atomic E-state index is 0.228. The molecule has 1 aliphatic carbocycles. The second kappa shape index (κ2) is 7.74. The van der Waals surface area contributed by atoms with Crippen molar-refractivity contribution < 1.29 is 14.0 Å². The molecule has 6 aliphatic heterocycles. The quantitative estimate of drug-likeness (QED) is 0.520. The van der Waals surface area contributed by atoms with E-state index in [1.54, 1.807) is 0 Å². The number of allylic oxidation sites excluding steroid dienone is 3. The van der Waals surface area contributed by atoms with Gasteiger partial charge < -0.3 is 9.64 Å². The standard InChI is InChI=1S/C29H26N5O2/c1-18-27-16-33-7-8-34(27,17-32-18)23-4-2-19(28(35)12-23)6-9-36-24-5-3-20-10-21-11-22(33)15-31-29(25(20)13-24)26(21)14-30/h3,5-6,10-11,13,15-16,23H,2,4,7-9,12,17H2,1H3/q+1/t23?,34-/m1/s1. The summed E-state index contributed by atoms with van der Waals surface area (Å²) in [6.07, 6.45) is 10.4. The maximum Gasteiger partial charge on any atom is 0.178 e. The van der Waals surface area contributed by atoms with Crippen LogP contribution in [0.5, 0.6) is 5.75 Å². The Morgan fingerprint density at radius 2 is 2.19 bits per heavy atom. The van der Waals surface area contributed by atoms with Gasteiger partial charge in [-0.3, -0.25) is 14.3 Å². The van der Waals surface area contributed by atoms with E-state index in [9.17, 15) is 10.1 Å². The molecule has 7 heteroatoms. The molecular formula is C29H26N5O2+. The molecule has 1 saturated carbocycles. The van der Waals surface area contributed by atoms with E-state index in [-0.39, 0.29) is 11.8 Å². The lowest BCUT2D eigenvalue weighted by Gasteiger charge is -2.46. The van der Waals surface area contributed by atoms with E-state index >= 15 is 0 Å². The summed E-state index contributed by atoms with van der Waals surface area (Å²) >= 11 is 0. The van der Waals surface area contributed by atoms with Gasteiger partial charge >= 0.3 is 0 Å². The molecule has 2 atom stereocenters. The van der Waals surface area contributed by atoms with Gasteiger partial charge in [-0.15, -0.1) is 0 Å². The molecule has 6 heterocycles. The van der Waals surface area contributed by atoms with Crippen LogP contribution in [0.4, 0.5) is 5.69 Å². The Labute approximate surface area is 209 Å². The Morgan fingerprint density at radius 3 is 3.06 bits per heavy atom. The van der Waals surface area contributed by atoms with Crippen molar-refractivity contribution in [2.45, 2.75) is 32.2 Å². The zero-order valence-corrected chi connectivity index (χ0v) is 20.2. The average molecular weight is 477 g/mol. The molecule has 0 saturated heterocycles. The lowest BCUT2D eigenvalue weighted by atomic mass is 9.86. The number of quaternary nitrogens is 1. The molecule has 1 unspecified atom stereocenters. The van der Waals surface area contributed by atoms with Crippen molar-refractivity contribution in [1.29, 1.82) is 5.26 Å². The van der Waals surface area contributed by atoms with E-state index in [1.807, 2.05) is 30.5 Å². The van der Waals surface area contributed by atoms with E-state index in [0.717, 1.165) is 63.7 Å². The van der Waals surface area contributed by atoms with Crippen molar-refractivity contribution >= 4 is 40.2 Å². The number of rotatable bonds is 0. The Bertz CT molecular complexity index is 1550. The molecule has 0 N–H and O–H groups in total. The molecule has 0 aromatic heterocycles. The van der Waals surface area contributed by atoms with Gasteiger partial charge in [-0.05, 0) is 60.2 Å². The van der Waals surface area contributed by atoms with Crippen molar-refractivity contribution in [3.05, 3.63) is 64.6 Å². The highest BCUT2D eigenvalue weighted by Gasteiger charge is 2.50. The number of carbonyl (C=O) groups excluding carboxylic acids is 1. The van der Waals surface area contributed by atoms with Crippen molar-refractivity contribution in [3.8, 4) is 11.8 Å². The Hall–Kier alpha value is -4.02. The SMILES string of the molecule is CC1=NC[N@@+]23CCN(C=C12)C1=Cc2cc4ccc(cc4c(c2C#N)N=C1)OCC=C1CCC3CC1=O. The predicted octanol–water partition coefficient (Wildman–Crippen LogP) is 4.61. The number of nitriles is 1. The summed E-state index contributed by atoms with van der Waals surface area (Å²) in [4.78, 5) is 25.1. The zero-order valence-electron chi connectivity index (χ0n) is 20.2. The van der Waals surface area contributed by atoms with Crippen LogP contribution in [0, 0.1) is 11.3 Å². The predicted molar refractivity (Wildman–Crippen MR) is 139 cm³/mol. The number of hydrogen-bond acceptors (Lipinski definition) is 6. The first-order chi connectivity index (χ1) is 17.6. The van der Waals surface area contributed by atoms with E-state index in [4.69, 9.17) is 14.7 Å². The summed E-state index contributed by atoms with van der Waals surface area (Å²) in [6.45, 7) is 4.79. The molecule has 7 aliphatic rings. The van der Waals surface area contributed by atoms with Crippen LogP contribution < -0.4 is 4.74 Å². The molecule has 7 nitrogen and oxygen atoms in total. The fourth-order valence-corrected chi connectivity index (χ4v) is 6.41. The molecule has 2 aromatic rings. The topological polar surface area (TPSA) is 78.1 Å². The number of fused-ring (bicyclic) bond motifs is 2. The summed E-state index contributed by atoms with van der Waals surface area (Å²) < 4.78 is 6.79. The number of carbonyl (C=O) groups is 1.